The van der Waals surface area contributed by atoms with E-state index >= 15 is 0 Å². The molecule has 180 valence electrons. The van der Waals surface area contributed by atoms with Crippen molar-refractivity contribution >= 4 is 45.0 Å². The average Bonchev–Trinajstić information content (AvgIpc) is 2.91. The van der Waals surface area contributed by atoms with Gasteiger partial charge in [-0.3, -0.25) is 14.4 Å². The zero-order valence-electron chi connectivity index (χ0n) is 19.3. The number of benzene rings is 4. The summed E-state index contributed by atoms with van der Waals surface area (Å²) in [5.41, 5.74) is 2.59. The molecule has 4 aromatic rings. The van der Waals surface area contributed by atoms with Crippen molar-refractivity contribution in [2.24, 2.45) is 0 Å². The van der Waals surface area contributed by atoms with Crippen molar-refractivity contribution in [3.63, 3.8) is 0 Å². The van der Waals surface area contributed by atoms with Crippen molar-refractivity contribution in [2.45, 2.75) is 12.5 Å². The summed E-state index contributed by atoms with van der Waals surface area (Å²) in [6.45, 7) is 0. The van der Waals surface area contributed by atoms with Crippen molar-refractivity contribution in [1.29, 1.82) is 0 Å². The molecule has 0 saturated carbocycles. The minimum Gasteiger partial charge on any atom is -0.340 e. The van der Waals surface area contributed by atoms with Gasteiger partial charge in [0.15, 0.2) is 0 Å². The Morgan fingerprint density at radius 3 is 1.92 bits per heavy atom. The molecular weight excluding hydrogens is 518 g/mol. The van der Waals surface area contributed by atoms with Gasteiger partial charge in [-0.15, -0.1) is 0 Å². The predicted octanol–water partition coefficient (Wildman–Crippen LogP) is 5.68. The number of anilines is 2. The zero-order valence-corrected chi connectivity index (χ0v) is 20.9. The lowest BCUT2D eigenvalue weighted by molar-refractivity contribution is -0.118. The van der Waals surface area contributed by atoms with Crippen LogP contribution < -0.4 is 16.0 Å². The number of hydrogen-bond acceptors (Lipinski definition) is 3. The Balaban J connectivity index is 1.56. The fourth-order valence-electron chi connectivity index (χ4n) is 3.65. The van der Waals surface area contributed by atoms with E-state index in [1.165, 1.54) is 0 Å². The molecule has 3 N–H and O–H groups in total. The van der Waals surface area contributed by atoms with Gasteiger partial charge in [-0.2, -0.15) is 0 Å². The first-order valence-corrected chi connectivity index (χ1v) is 12.2. The van der Waals surface area contributed by atoms with Crippen LogP contribution in [0.15, 0.2) is 114 Å². The summed E-state index contributed by atoms with van der Waals surface area (Å²) < 4.78 is 0.733. The van der Waals surface area contributed by atoms with E-state index in [4.69, 9.17) is 0 Å². The van der Waals surface area contributed by atoms with Gasteiger partial charge in [0, 0.05) is 16.5 Å². The first kappa shape index (κ1) is 24.9. The number of rotatable bonds is 8. The molecule has 0 heterocycles. The number of carbonyl (C=O) groups is 3. The molecule has 0 aromatic heterocycles. The standard InChI is InChI=1S/C29H24BrN3O3/c30-23-16-8-10-18-25(23)32-29(36)26(19-20-11-3-1-4-12-20)33-28(35)22-15-7-9-17-24(22)31-27(34)21-13-5-2-6-14-21/h1-18,26H,19H2,(H,31,34)(H,32,36)(H,33,35)/t26-/m1/s1. The van der Waals surface area contributed by atoms with E-state index < -0.39 is 11.9 Å². The second-order valence-electron chi connectivity index (χ2n) is 8.05. The fourth-order valence-corrected chi connectivity index (χ4v) is 4.04. The van der Waals surface area contributed by atoms with Crippen molar-refractivity contribution in [3.05, 3.63) is 130 Å². The van der Waals surface area contributed by atoms with Gasteiger partial charge in [0.2, 0.25) is 5.91 Å². The Morgan fingerprint density at radius 2 is 1.22 bits per heavy atom. The third-order valence-corrected chi connectivity index (χ3v) is 6.18. The van der Waals surface area contributed by atoms with Gasteiger partial charge in [-0.1, -0.05) is 72.8 Å². The van der Waals surface area contributed by atoms with Crippen LogP contribution in [0.5, 0.6) is 0 Å². The molecular formula is C29H24BrN3O3. The van der Waals surface area contributed by atoms with Crippen LogP contribution in [0.25, 0.3) is 0 Å². The van der Waals surface area contributed by atoms with E-state index in [1.807, 2.05) is 54.6 Å². The molecule has 1 atom stereocenters. The van der Waals surface area contributed by atoms with E-state index in [0.29, 0.717) is 23.4 Å². The SMILES string of the molecule is O=C(Nc1ccccc1C(=O)N[C@H](Cc1ccccc1)C(=O)Nc1ccccc1Br)c1ccccc1. The molecule has 36 heavy (non-hydrogen) atoms. The summed E-state index contributed by atoms with van der Waals surface area (Å²) in [4.78, 5) is 39.3. The Kier molecular flexibility index (Phi) is 8.26. The molecule has 0 saturated heterocycles. The molecule has 3 amide bonds. The predicted molar refractivity (Wildman–Crippen MR) is 145 cm³/mol. The molecule has 7 heteroatoms. The number of amides is 3. The van der Waals surface area contributed by atoms with E-state index in [-0.39, 0.29) is 17.4 Å². The average molecular weight is 542 g/mol. The van der Waals surface area contributed by atoms with Gasteiger partial charge in [0.05, 0.1) is 16.9 Å². The van der Waals surface area contributed by atoms with Gasteiger partial charge in [-0.05, 0) is 57.9 Å². The van der Waals surface area contributed by atoms with E-state index in [9.17, 15) is 14.4 Å². The summed E-state index contributed by atoms with van der Waals surface area (Å²) in [5.74, 6) is -1.16. The van der Waals surface area contributed by atoms with Crippen LogP contribution in [-0.4, -0.2) is 23.8 Å². The van der Waals surface area contributed by atoms with Gasteiger partial charge in [0.25, 0.3) is 11.8 Å². The number of hydrogen-bond donors (Lipinski definition) is 3. The van der Waals surface area contributed by atoms with E-state index in [2.05, 4.69) is 31.9 Å². The highest BCUT2D eigenvalue weighted by Crippen LogP contribution is 2.22. The third-order valence-electron chi connectivity index (χ3n) is 5.49. The molecule has 0 fully saturated rings. The van der Waals surface area contributed by atoms with Crippen LogP contribution >= 0.6 is 15.9 Å². The molecule has 0 radical (unpaired) electrons. The zero-order chi connectivity index (χ0) is 25.3. The highest BCUT2D eigenvalue weighted by molar-refractivity contribution is 9.10. The monoisotopic (exact) mass is 541 g/mol. The second-order valence-corrected chi connectivity index (χ2v) is 8.90. The maximum Gasteiger partial charge on any atom is 0.255 e. The van der Waals surface area contributed by atoms with Crippen LogP contribution in [0.1, 0.15) is 26.3 Å². The molecule has 0 spiro atoms. The first-order chi connectivity index (χ1) is 17.5. The number of nitrogens with one attached hydrogen (secondary N) is 3. The minimum absolute atomic E-state index is 0.258. The topological polar surface area (TPSA) is 87.3 Å². The highest BCUT2D eigenvalue weighted by atomic mass is 79.9. The Labute approximate surface area is 217 Å². The van der Waals surface area contributed by atoms with E-state index in [1.54, 1.807) is 54.6 Å². The minimum atomic E-state index is -0.857. The summed E-state index contributed by atoms with van der Waals surface area (Å²) in [6, 6.07) is 31.3. The number of para-hydroxylation sites is 2. The Hall–Kier alpha value is -4.23. The van der Waals surface area contributed by atoms with Crippen molar-refractivity contribution in [2.75, 3.05) is 10.6 Å². The van der Waals surface area contributed by atoms with Gasteiger partial charge >= 0.3 is 0 Å². The van der Waals surface area contributed by atoms with Crippen molar-refractivity contribution in [1.82, 2.24) is 5.32 Å². The fraction of sp³-hybridized carbons (Fsp3) is 0.0690. The van der Waals surface area contributed by atoms with Crippen molar-refractivity contribution in [3.8, 4) is 0 Å². The number of halogens is 1. The highest BCUT2D eigenvalue weighted by Gasteiger charge is 2.24. The molecule has 6 nitrogen and oxygen atoms in total. The molecule has 0 aliphatic heterocycles. The molecule has 4 rings (SSSR count). The lowest BCUT2D eigenvalue weighted by Gasteiger charge is -2.20. The largest absolute Gasteiger partial charge is 0.340 e. The molecule has 0 bridgehead atoms. The van der Waals surface area contributed by atoms with Crippen LogP contribution in [0, 0.1) is 0 Å². The number of carbonyl (C=O) groups excluding carboxylic acids is 3. The lowest BCUT2D eigenvalue weighted by atomic mass is 10.0. The van der Waals surface area contributed by atoms with Gasteiger partial charge < -0.3 is 16.0 Å². The first-order valence-electron chi connectivity index (χ1n) is 11.4. The molecule has 4 aromatic carbocycles. The second kappa shape index (κ2) is 12.0. The molecule has 0 aliphatic carbocycles. The molecule has 0 aliphatic rings. The van der Waals surface area contributed by atoms with Crippen LogP contribution in [0.3, 0.4) is 0 Å². The summed E-state index contributed by atoms with van der Waals surface area (Å²) in [5, 5.41) is 8.54. The van der Waals surface area contributed by atoms with Crippen molar-refractivity contribution < 1.29 is 14.4 Å². The third kappa shape index (κ3) is 6.46. The van der Waals surface area contributed by atoms with Crippen LogP contribution in [0.4, 0.5) is 11.4 Å². The maximum atomic E-state index is 13.4. The molecule has 0 unspecified atom stereocenters. The van der Waals surface area contributed by atoms with E-state index in [0.717, 1.165) is 10.0 Å². The lowest BCUT2D eigenvalue weighted by Crippen LogP contribution is -2.45. The summed E-state index contributed by atoms with van der Waals surface area (Å²) >= 11 is 3.44. The summed E-state index contributed by atoms with van der Waals surface area (Å²) in [6.07, 6.45) is 0.293. The van der Waals surface area contributed by atoms with Gasteiger partial charge in [0.1, 0.15) is 6.04 Å². The Bertz CT molecular complexity index is 1360. The Morgan fingerprint density at radius 1 is 0.639 bits per heavy atom. The summed E-state index contributed by atoms with van der Waals surface area (Å²) in [7, 11) is 0. The maximum absolute atomic E-state index is 13.4. The van der Waals surface area contributed by atoms with Crippen LogP contribution in [-0.2, 0) is 11.2 Å². The smallest absolute Gasteiger partial charge is 0.255 e. The quantitative estimate of drug-likeness (QED) is 0.268. The van der Waals surface area contributed by atoms with Gasteiger partial charge in [-0.25, -0.2) is 0 Å². The van der Waals surface area contributed by atoms with Crippen LogP contribution in [0.2, 0.25) is 0 Å². The normalized spacial score (nSPS) is 11.2.